The Balaban J connectivity index is 2.90. The summed E-state index contributed by atoms with van der Waals surface area (Å²) in [4.78, 5) is 0. The monoisotopic (exact) mass is 194 g/mol. The predicted molar refractivity (Wildman–Crippen MR) is 59.7 cm³/mol. The molecule has 0 spiro atoms. The first-order chi connectivity index (χ1) is 6.57. The van der Waals surface area contributed by atoms with Gasteiger partial charge in [-0.25, -0.2) is 4.39 Å². The molecule has 0 aromatic carbocycles. The van der Waals surface area contributed by atoms with Gasteiger partial charge in [0.15, 0.2) is 0 Å². The zero-order valence-corrected chi connectivity index (χ0v) is 9.31. The first kappa shape index (κ1) is 11.2. The fourth-order valence-electron chi connectivity index (χ4n) is 1.76. The third-order valence-corrected chi connectivity index (χ3v) is 2.73. The number of halogens is 1. The Morgan fingerprint density at radius 2 is 2.14 bits per heavy atom. The maximum Gasteiger partial charge on any atom is 0.107 e. The Bertz CT molecular complexity index is 284. The molecule has 0 N–H and O–H groups in total. The molecule has 14 heavy (non-hydrogen) atoms. The Morgan fingerprint density at radius 1 is 1.43 bits per heavy atom. The molecule has 1 heteroatoms. The minimum absolute atomic E-state index is 0.0175. The van der Waals surface area contributed by atoms with Crippen molar-refractivity contribution in [1.29, 1.82) is 0 Å². The smallest absolute Gasteiger partial charge is 0.107 e. The van der Waals surface area contributed by atoms with Crippen LogP contribution in [0, 0.1) is 5.41 Å². The summed E-state index contributed by atoms with van der Waals surface area (Å²) in [5, 5.41) is 0. The summed E-state index contributed by atoms with van der Waals surface area (Å²) < 4.78 is 13.2. The fraction of sp³-hybridized carbons (Fsp3) is 0.538. The molecular weight excluding hydrogens is 175 g/mol. The van der Waals surface area contributed by atoms with E-state index in [0.717, 1.165) is 18.4 Å². The third-order valence-electron chi connectivity index (χ3n) is 2.73. The highest BCUT2D eigenvalue weighted by atomic mass is 19.1. The van der Waals surface area contributed by atoms with Gasteiger partial charge < -0.3 is 0 Å². The van der Waals surface area contributed by atoms with Gasteiger partial charge in [0.2, 0.25) is 0 Å². The van der Waals surface area contributed by atoms with Crippen molar-refractivity contribution in [2.75, 3.05) is 0 Å². The highest BCUT2D eigenvalue weighted by Gasteiger charge is 2.16. The molecule has 0 radical (unpaired) electrons. The molecule has 1 unspecified atom stereocenters. The van der Waals surface area contributed by atoms with Crippen molar-refractivity contribution in [2.45, 2.75) is 40.0 Å². The molecule has 0 fully saturated rings. The molecule has 1 aliphatic rings. The van der Waals surface area contributed by atoms with E-state index in [9.17, 15) is 4.39 Å². The molecule has 0 bridgehead atoms. The lowest BCUT2D eigenvalue weighted by atomic mass is 9.83. The van der Waals surface area contributed by atoms with Crippen LogP contribution in [0.25, 0.3) is 0 Å². The summed E-state index contributed by atoms with van der Waals surface area (Å²) in [6, 6.07) is 0. The van der Waals surface area contributed by atoms with Crippen LogP contribution in [0.4, 0.5) is 4.39 Å². The topological polar surface area (TPSA) is 0 Å². The van der Waals surface area contributed by atoms with Gasteiger partial charge in [0, 0.05) is 11.8 Å². The summed E-state index contributed by atoms with van der Waals surface area (Å²) in [7, 11) is 0. The second kappa shape index (κ2) is 4.59. The highest BCUT2D eigenvalue weighted by molar-refractivity contribution is 5.27. The number of allylic oxidation sites excluding steroid dienone is 6. The Morgan fingerprint density at radius 3 is 2.79 bits per heavy atom. The van der Waals surface area contributed by atoms with E-state index < -0.39 is 0 Å². The van der Waals surface area contributed by atoms with Gasteiger partial charge in [0.25, 0.3) is 0 Å². The van der Waals surface area contributed by atoms with E-state index in [1.54, 1.807) is 0 Å². The van der Waals surface area contributed by atoms with Gasteiger partial charge in [-0.2, -0.15) is 0 Å². The van der Waals surface area contributed by atoms with Crippen molar-refractivity contribution < 1.29 is 4.39 Å². The summed E-state index contributed by atoms with van der Waals surface area (Å²) >= 11 is 0. The van der Waals surface area contributed by atoms with Crippen LogP contribution in [0.5, 0.6) is 0 Å². The predicted octanol–water partition coefficient (Wildman–Crippen LogP) is 4.55. The van der Waals surface area contributed by atoms with Crippen molar-refractivity contribution in [3.8, 4) is 0 Å². The molecule has 0 nitrogen and oxygen atoms in total. The van der Waals surface area contributed by atoms with Crippen LogP contribution in [0.1, 0.15) is 40.0 Å². The van der Waals surface area contributed by atoms with Crippen LogP contribution in [-0.2, 0) is 0 Å². The van der Waals surface area contributed by atoms with Gasteiger partial charge >= 0.3 is 0 Å². The van der Waals surface area contributed by atoms with E-state index in [1.165, 1.54) is 0 Å². The van der Waals surface area contributed by atoms with Crippen LogP contribution in [-0.4, -0.2) is 0 Å². The van der Waals surface area contributed by atoms with Gasteiger partial charge in [0.1, 0.15) is 5.83 Å². The zero-order chi connectivity index (χ0) is 10.6. The molecular formula is C13H19F. The molecule has 78 valence electrons. The number of hydrogen-bond donors (Lipinski definition) is 0. The molecule has 0 heterocycles. The van der Waals surface area contributed by atoms with Crippen molar-refractivity contribution in [3.05, 3.63) is 35.7 Å². The maximum absolute atomic E-state index is 13.2. The summed E-state index contributed by atoms with van der Waals surface area (Å²) in [6.45, 7) is 6.20. The van der Waals surface area contributed by atoms with E-state index in [0.29, 0.717) is 6.42 Å². The number of hydrogen-bond acceptors (Lipinski definition) is 0. The molecule has 1 rings (SSSR count). The van der Waals surface area contributed by atoms with Crippen LogP contribution in [0.3, 0.4) is 0 Å². The Hall–Kier alpha value is -0.850. The van der Waals surface area contributed by atoms with Crippen LogP contribution in [0.2, 0.25) is 0 Å². The summed E-state index contributed by atoms with van der Waals surface area (Å²) in [5.74, 6) is -0.0175. The van der Waals surface area contributed by atoms with E-state index >= 15 is 0 Å². The molecule has 0 aromatic rings. The van der Waals surface area contributed by atoms with Crippen LogP contribution < -0.4 is 0 Å². The maximum atomic E-state index is 13.2. The van der Waals surface area contributed by atoms with Gasteiger partial charge in [-0.3, -0.25) is 0 Å². The molecule has 0 saturated heterocycles. The van der Waals surface area contributed by atoms with Gasteiger partial charge in [-0.05, 0) is 18.9 Å². The lowest BCUT2D eigenvalue weighted by molar-refractivity contribution is 0.487. The highest BCUT2D eigenvalue weighted by Crippen LogP contribution is 2.30. The van der Waals surface area contributed by atoms with Crippen LogP contribution >= 0.6 is 0 Å². The van der Waals surface area contributed by atoms with E-state index in [2.05, 4.69) is 26.0 Å². The van der Waals surface area contributed by atoms with Crippen LogP contribution in [0.15, 0.2) is 35.7 Å². The van der Waals surface area contributed by atoms with E-state index in [1.807, 2.05) is 19.1 Å². The Kier molecular flexibility index (Phi) is 3.68. The van der Waals surface area contributed by atoms with Crippen molar-refractivity contribution in [2.24, 2.45) is 5.41 Å². The lowest BCUT2D eigenvalue weighted by Crippen LogP contribution is -2.09. The minimum atomic E-state index is -0.0175. The molecule has 0 amide bonds. The van der Waals surface area contributed by atoms with Crippen molar-refractivity contribution >= 4 is 0 Å². The van der Waals surface area contributed by atoms with E-state index in [4.69, 9.17) is 0 Å². The molecule has 0 aliphatic heterocycles. The van der Waals surface area contributed by atoms with Crippen molar-refractivity contribution in [1.82, 2.24) is 0 Å². The normalized spacial score (nSPS) is 32.9. The van der Waals surface area contributed by atoms with Gasteiger partial charge in [0.05, 0.1) is 0 Å². The van der Waals surface area contributed by atoms with Gasteiger partial charge in [-0.15, -0.1) is 0 Å². The standard InChI is InChI=1S/C13H19F/c1-4-8-13(3)9-5-6-12(14)11(2)7-10-13/h5,7,9-10H,4,6,8H2,1-3H3/b9-5?,10-7?,12-11+. The number of rotatable bonds is 2. The minimum Gasteiger partial charge on any atom is -0.211 e. The fourth-order valence-corrected chi connectivity index (χ4v) is 1.76. The molecule has 1 aliphatic carbocycles. The summed E-state index contributed by atoms with van der Waals surface area (Å²) in [5.41, 5.74) is 0.869. The average molecular weight is 194 g/mol. The molecule has 0 saturated carbocycles. The molecule has 0 aromatic heterocycles. The lowest BCUT2D eigenvalue weighted by Gasteiger charge is -2.22. The molecule has 1 atom stereocenters. The first-order valence-electron chi connectivity index (χ1n) is 5.29. The van der Waals surface area contributed by atoms with Crippen molar-refractivity contribution in [3.63, 3.8) is 0 Å². The second-order valence-electron chi connectivity index (χ2n) is 4.28. The quantitative estimate of drug-likeness (QED) is 0.565. The largest absolute Gasteiger partial charge is 0.211 e. The zero-order valence-electron chi connectivity index (χ0n) is 9.31. The second-order valence-corrected chi connectivity index (χ2v) is 4.28. The van der Waals surface area contributed by atoms with Gasteiger partial charge in [-0.1, -0.05) is 44.6 Å². The Labute approximate surface area is 86.2 Å². The SMILES string of the molecule is CCCC1(C)C=CC/C(F)=C(/C)C=C1. The van der Waals surface area contributed by atoms with E-state index in [-0.39, 0.29) is 11.2 Å². The first-order valence-corrected chi connectivity index (χ1v) is 5.29. The average Bonchev–Trinajstić information content (AvgIpc) is 2.13. The third kappa shape index (κ3) is 2.83. The summed E-state index contributed by atoms with van der Waals surface area (Å²) in [6.07, 6.45) is 10.8.